The van der Waals surface area contributed by atoms with Gasteiger partial charge in [0.05, 0.1) is 66.9 Å². The second kappa shape index (κ2) is 32.8. The molecule has 6 rings (SSSR count). The van der Waals surface area contributed by atoms with Crippen LogP contribution in [-0.4, -0.2) is 147 Å². The van der Waals surface area contributed by atoms with E-state index < -0.39 is 55.3 Å². The lowest BCUT2D eigenvalue weighted by atomic mass is 10.1. The first-order valence-electron chi connectivity index (χ1n) is 23.4. The van der Waals surface area contributed by atoms with Gasteiger partial charge in [-0.25, -0.2) is 9.59 Å². The largest absolute Gasteiger partial charge is 0.478 e. The Labute approximate surface area is 417 Å². The van der Waals surface area contributed by atoms with Crippen molar-refractivity contribution in [1.29, 1.82) is 0 Å². The molecule has 71 heavy (non-hydrogen) atoms. The molecule has 0 unspecified atom stereocenters. The maximum Gasteiger partial charge on any atom is 0.335 e. The summed E-state index contributed by atoms with van der Waals surface area (Å²) in [5.74, 6) is 9.60. The third kappa shape index (κ3) is 22.1. The maximum atomic E-state index is 12.4. The highest BCUT2D eigenvalue weighted by Crippen LogP contribution is 2.12. The van der Waals surface area contributed by atoms with Crippen LogP contribution in [0.15, 0.2) is 109 Å². The van der Waals surface area contributed by atoms with Gasteiger partial charge in [-0.2, -0.15) is 0 Å². The summed E-state index contributed by atoms with van der Waals surface area (Å²) in [6.45, 7) is 11.8. The van der Waals surface area contributed by atoms with Crippen molar-refractivity contribution in [2.75, 3.05) is 74.0 Å². The van der Waals surface area contributed by atoms with Gasteiger partial charge in [0.15, 0.2) is 6.04 Å². The van der Waals surface area contributed by atoms with E-state index in [1.165, 1.54) is 39.2 Å². The van der Waals surface area contributed by atoms with E-state index in [2.05, 4.69) is 72.5 Å². The number of halogens is 1. The molecule has 6 N–H and O–H groups in total. The number of carbonyl (C=O) groups is 4. The van der Waals surface area contributed by atoms with E-state index in [0.717, 1.165) is 87.9 Å². The van der Waals surface area contributed by atoms with Crippen molar-refractivity contribution in [3.8, 4) is 23.7 Å². The summed E-state index contributed by atoms with van der Waals surface area (Å²) < 4.78 is 35.1. The van der Waals surface area contributed by atoms with Crippen molar-refractivity contribution in [2.45, 2.75) is 51.2 Å². The maximum absolute atomic E-state index is 12.4. The zero-order valence-electron chi connectivity index (χ0n) is 41.6. The average Bonchev–Trinajstić information content (AvgIpc) is 3.39. The van der Waals surface area contributed by atoms with Crippen LogP contribution in [-0.2, 0) is 41.6 Å². The van der Waals surface area contributed by atoms with Crippen LogP contribution in [0.5, 0.6) is 0 Å². The third-order valence-electron chi connectivity index (χ3n) is 10.6. The molecule has 2 aliphatic rings. The second-order valence-electron chi connectivity index (χ2n) is 15.9. The number of carboxylic acid groups (broad SMARTS) is 1. The minimum atomic E-state index is -1.12. The number of hydrogen-bond donors (Lipinski definition) is 5. The van der Waals surface area contributed by atoms with Crippen LogP contribution in [0.2, 0.25) is 0 Å². The Balaban J connectivity index is 0.000000317. The van der Waals surface area contributed by atoms with Crippen LogP contribution in [0.4, 0.5) is 4.39 Å². The average molecular weight is 978 g/mol. The molecule has 4 aromatic carbocycles. The number of aliphatic hydroxyl groups is 2. The summed E-state index contributed by atoms with van der Waals surface area (Å²) in [5.41, 5.74) is 12.1. The van der Waals surface area contributed by atoms with Gasteiger partial charge in [0, 0.05) is 56.0 Å². The van der Waals surface area contributed by atoms with Crippen molar-refractivity contribution in [3.63, 3.8) is 0 Å². The summed E-state index contributed by atoms with van der Waals surface area (Å²) in [7, 11) is 1.43. The number of esters is 2. The molecule has 4 atom stereocenters. The van der Waals surface area contributed by atoms with E-state index in [4.69, 9.17) is 26.8 Å². The van der Waals surface area contributed by atoms with Gasteiger partial charge in [-0.15, -0.1) is 0 Å². The van der Waals surface area contributed by atoms with Gasteiger partial charge in [0.1, 0.15) is 6.04 Å². The number of amides is 1. The Kier molecular flexibility index (Phi) is 26.1. The number of hydrogen-bond acceptors (Lipinski definition) is 13. The number of morpholine rings is 2. The van der Waals surface area contributed by atoms with E-state index in [1.807, 2.05) is 36.4 Å². The molecule has 0 saturated carbocycles. The number of allylic oxidation sites excluding steroid dienone is 2. The number of aliphatic hydroxyl groups excluding tert-OH is 2. The fourth-order valence-electron chi connectivity index (χ4n) is 6.49. The van der Waals surface area contributed by atoms with Gasteiger partial charge in [-0.3, -0.25) is 23.8 Å². The summed E-state index contributed by atoms with van der Waals surface area (Å²) in [6.07, 6.45) is 5.34. The lowest BCUT2D eigenvalue weighted by Gasteiger charge is -2.26. The van der Waals surface area contributed by atoms with Crippen LogP contribution < -0.4 is 11.1 Å². The number of ether oxygens (including phenoxy) is 4. The van der Waals surface area contributed by atoms with Gasteiger partial charge in [0.2, 0.25) is 0 Å². The predicted molar refractivity (Wildman–Crippen MR) is 270 cm³/mol. The molecule has 378 valence electrons. The van der Waals surface area contributed by atoms with Crippen molar-refractivity contribution in [1.82, 2.24) is 15.1 Å². The lowest BCUT2D eigenvalue weighted by Crippen LogP contribution is -2.48. The zero-order chi connectivity index (χ0) is 52.7. The molecule has 1 amide bonds. The van der Waals surface area contributed by atoms with Crippen molar-refractivity contribution in [2.24, 2.45) is 5.73 Å². The Bertz CT molecular complexity index is 2450. The van der Waals surface area contributed by atoms with Crippen LogP contribution in [0.1, 0.15) is 69.3 Å². The minimum absolute atomic E-state index is 0.283. The first kappa shape index (κ1) is 56.6. The van der Waals surface area contributed by atoms with Crippen LogP contribution in [0.3, 0.4) is 0 Å². The van der Waals surface area contributed by atoms with E-state index >= 15 is 0 Å². The first-order valence-corrected chi connectivity index (χ1v) is 22.7. The molecule has 15 nitrogen and oxygen atoms in total. The molecule has 0 aromatic heterocycles. The number of nitrogens with two attached hydrogens (primary N) is 1. The number of benzene rings is 4. The number of methoxy groups -OCH3 is 2. The van der Waals surface area contributed by atoms with Crippen molar-refractivity contribution in [3.05, 3.63) is 154 Å². The fraction of sp³-hybridized carbons (Fsp3) is 0.345. The quantitative estimate of drug-likeness (QED) is 0.0886. The molecule has 0 spiro atoms. The van der Waals surface area contributed by atoms with E-state index in [0.29, 0.717) is 5.56 Å². The Hall–Kier alpha value is -6.99. The molecule has 4 aromatic rings. The molecule has 16 heteroatoms. The molecular formula is C55H65FN4O11. The van der Waals surface area contributed by atoms with E-state index in [-0.39, 0.29) is 5.56 Å². The number of rotatable bonds is 13. The Morgan fingerprint density at radius 3 is 1.42 bits per heavy atom. The monoisotopic (exact) mass is 977 g/mol. The SMILES string of the molecule is COC(=O)[C@@H](N)[C@@H](C)O.COC(=O)[C@@H](NC(=O)c1ccc(/C=C/C#Cc2ccc(CN3CCOCC3)cc2)cc1)[C@@H](C)O.O=C(O)c1ccc(/C=C/C#Cc2ccc(CN3CCOCC3)cc2)cc1.[2H]CF. The number of nitrogens with zero attached hydrogens (tertiary/aromatic N) is 2. The van der Waals surface area contributed by atoms with Gasteiger partial charge in [-0.1, -0.05) is 72.2 Å². The highest BCUT2D eigenvalue weighted by atomic mass is 19.1. The van der Waals surface area contributed by atoms with Gasteiger partial charge in [-0.05, 0) is 109 Å². The fourth-order valence-corrected chi connectivity index (χ4v) is 6.49. The summed E-state index contributed by atoms with van der Waals surface area (Å²) in [5, 5.41) is 29.8. The van der Waals surface area contributed by atoms with Gasteiger partial charge in [0.25, 0.3) is 5.91 Å². The molecule has 2 heterocycles. The molecule has 0 bridgehead atoms. The van der Waals surface area contributed by atoms with Crippen LogP contribution in [0, 0.1) is 23.7 Å². The Morgan fingerprint density at radius 2 is 1.08 bits per heavy atom. The normalized spacial score (nSPS) is 15.3. The van der Waals surface area contributed by atoms with Crippen LogP contribution >= 0.6 is 0 Å². The Morgan fingerprint density at radius 1 is 0.690 bits per heavy atom. The predicted octanol–water partition coefficient (Wildman–Crippen LogP) is 4.97. The summed E-state index contributed by atoms with van der Waals surface area (Å²) >= 11 is 0. The molecule has 0 radical (unpaired) electrons. The zero-order valence-corrected chi connectivity index (χ0v) is 40.6. The minimum Gasteiger partial charge on any atom is -0.478 e. The highest BCUT2D eigenvalue weighted by Gasteiger charge is 2.27. The van der Waals surface area contributed by atoms with Gasteiger partial charge >= 0.3 is 17.9 Å². The van der Waals surface area contributed by atoms with E-state index in [1.54, 1.807) is 60.7 Å². The standard InChI is InChI=1S/C27H30N2O5.C22H21NO3.C5H11NO3.CH3F/c1-20(30)25(27(32)33-2)28-26(31)24-13-11-22(12-14-24)6-4-3-5-21-7-9-23(10-8-21)19-29-15-17-34-18-16-29;24-22(25)21-11-9-19(10-12-21)4-2-1-3-18-5-7-20(8-6-18)17-23-13-15-26-16-14-23;1-3(7)4(6)5(8)9-2;1-2/h4,6-14,20,25,30H,15-19H2,1-2H3,(H,28,31);2,4-12H,13-17H2,(H,24,25);3-4,7H,6H2,1-2H3;1H3/b6-4+;4-2+;;/t20-,25+;;3-,4+;/m1.1./s1/i;;;1D. The topological polar surface area (TPSA) is 210 Å². The van der Waals surface area contributed by atoms with Gasteiger partial charge < -0.3 is 45.3 Å². The molecule has 2 fully saturated rings. The number of carbonyl (C=O) groups excluding carboxylic acids is 3. The smallest absolute Gasteiger partial charge is 0.335 e. The molecule has 0 aliphatic carbocycles. The second-order valence-corrected chi connectivity index (χ2v) is 15.9. The molecule has 2 aliphatic heterocycles. The molecule has 2 saturated heterocycles. The number of nitrogens with one attached hydrogen (secondary N) is 1. The molecular weight excluding hydrogens is 912 g/mol. The highest BCUT2D eigenvalue weighted by molar-refractivity contribution is 5.97. The lowest BCUT2D eigenvalue weighted by molar-refractivity contribution is -0.146. The summed E-state index contributed by atoms with van der Waals surface area (Å²) in [4.78, 5) is 50.1. The first-order chi connectivity index (χ1) is 34.7. The number of carboxylic acids is 1. The summed E-state index contributed by atoms with van der Waals surface area (Å²) in [6, 6.07) is 28.1. The number of aromatic carboxylic acids is 1. The number of alkyl halides is 1. The van der Waals surface area contributed by atoms with Crippen molar-refractivity contribution >= 4 is 36.0 Å². The van der Waals surface area contributed by atoms with Crippen LogP contribution in [0.25, 0.3) is 12.2 Å². The van der Waals surface area contributed by atoms with Crippen molar-refractivity contribution < 1.29 is 59.2 Å². The van der Waals surface area contributed by atoms with E-state index in [9.17, 15) is 28.7 Å². The third-order valence-corrected chi connectivity index (χ3v) is 10.6.